The number of aromatic nitrogens is 2. The average molecular weight is 352 g/mol. The molecule has 130 valence electrons. The molecule has 0 bridgehead atoms. The van der Waals surface area contributed by atoms with E-state index in [1.807, 2.05) is 24.3 Å². The highest BCUT2D eigenvalue weighted by molar-refractivity contribution is 6.23. The van der Waals surface area contributed by atoms with E-state index in [0.717, 1.165) is 27.4 Å². The Morgan fingerprint density at radius 3 is 2.44 bits per heavy atom. The molecule has 0 saturated carbocycles. The fraction of sp³-hybridized carbons (Fsp3) is 0.0435. The van der Waals surface area contributed by atoms with Gasteiger partial charge in [0, 0.05) is 33.6 Å². The van der Waals surface area contributed by atoms with Gasteiger partial charge in [0.2, 0.25) is 0 Å². The Morgan fingerprint density at radius 1 is 0.889 bits per heavy atom. The fourth-order valence-corrected chi connectivity index (χ4v) is 3.81. The second-order valence-electron chi connectivity index (χ2n) is 6.45. The van der Waals surface area contributed by atoms with Crippen molar-refractivity contribution in [2.45, 2.75) is 0 Å². The van der Waals surface area contributed by atoms with Gasteiger partial charge in [0.05, 0.1) is 18.4 Å². The number of carbonyl (C=O) groups excluding carboxylic acids is 1. The third kappa shape index (κ3) is 2.30. The summed E-state index contributed by atoms with van der Waals surface area (Å²) >= 11 is 0. The number of methoxy groups -OCH3 is 1. The van der Waals surface area contributed by atoms with Crippen LogP contribution in [0.1, 0.15) is 10.4 Å². The van der Waals surface area contributed by atoms with Crippen molar-refractivity contribution in [1.29, 1.82) is 0 Å². The van der Waals surface area contributed by atoms with Crippen LogP contribution in [-0.4, -0.2) is 23.0 Å². The normalized spacial score (nSPS) is 11.3. The molecule has 0 aliphatic rings. The monoisotopic (exact) mass is 352 g/mol. The molecule has 27 heavy (non-hydrogen) atoms. The Labute approximate surface area is 155 Å². The van der Waals surface area contributed by atoms with Gasteiger partial charge in [0.15, 0.2) is 0 Å². The van der Waals surface area contributed by atoms with E-state index in [2.05, 4.69) is 40.3 Å². The van der Waals surface area contributed by atoms with Gasteiger partial charge in [-0.3, -0.25) is 4.98 Å². The predicted molar refractivity (Wildman–Crippen MR) is 108 cm³/mol. The van der Waals surface area contributed by atoms with Gasteiger partial charge in [-0.2, -0.15) is 0 Å². The SMILES string of the molecule is COC(=O)c1cccnc1-c1cc2[nH]c3ccccc3c2c2ccccc12. The van der Waals surface area contributed by atoms with E-state index in [0.29, 0.717) is 11.3 Å². The number of nitrogens with one attached hydrogen (secondary N) is 1. The van der Waals surface area contributed by atoms with Crippen LogP contribution in [0, 0.1) is 0 Å². The molecular weight excluding hydrogens is 336 g/mol. The largest absolute Gasteiger partial charge is 0.465 e. The number of benzene rings is 3. The lowest BCUT2D eigenvalue weighted by molar-refractivity contribution is 0.0601. The quantitative estimate of drug-likeness (QED) is 0.437. The molecule has 0 unspecified atom stereocenters. The zero-order chi connectivity index (χ0) is 18.4. The molecule has 4 heteroatoms. The number of H-pyrrole nitrogens is 1. The third-order valence-corrected chi connectivity index (χ3v) is 4.98. The molecule has 5 aromatic rings. The van der Waals surface area contributed by atoms with E-state index in [-0.39, 0.29) is 5.97 Å². The molecule has 0 amide bonds. The van der Waals surface area contributed by atoms with Crippen molar-refractivity contribution in [3.05, 3.63) is 78.5 Å². The van der Waals surface area contributed by atoms with Crippen LogP contribution in [0.25, 0.3) is 43.8 Å². The highest BCUT2D eigenvalue weighted by Crippen LogP contribution is 2.38. The minimum absolute atomic E-state index is 0.390. The van der Waals surface area contributed by atoms with Crippen molar-refractivity contribution in [2.75, 3.05) is 7.11 Å². The topological polar surface area (TPSA) is 55.0 Å². The number of fused-ring (bicyclic) bond motifs is 5. The molecule has 5 rings (SSSR count). The van der Waals surface area contributed by atoms with Crippen LogP contribution < -0.4 is 0 Å². The number of rotatable bonds is 2. The summed E-state index contributed by atoms with van der Waals surface area (Å²) in [5, 5.41) is 4.55. The summed E-state index contributed by atoms with van der Waals surface area (Å²) in [6, 6.07) is 22.1. The summed E-state index contributed by atoms with van der Waals surface area (Å²) in [4.78, 5) is 20.3. The van der Waals surface area contributed by atoms with Crippen LogP contribution in [0.15, 0.2) is 72.9 Å². The lowest BCUT2D eigenvalue weighted by Crippen LogP contribution is -2.05. The van der Waals surface area contributed by atoms with Crippen LogP contribution in [0.4, 0.5) is 0 Å². The highest BCUT2D eigenvalue weighted by atomic mass is 16.5. The first-order chi connectivity index (χ1) is 13.3. The fourth-order valence-electron chi connectivity index (χ4n) is 3.81. The number of hydrogen-bond donors (Lipinski definition) is 1. The molecule has 0 spiro atoms. The van der Waals surface area contributed by atoms with E-state index < -0.39 is 0 Å². The maximum Gasteiger partial charge on any atom is 0.340 e. The number of esters is 1. The zero-order valence-corrected chi connectivity index (χ0v) is 14.7. The van der Waals surface area contributed by atoms with Crippen LogP contribution in [0.5, 0.6) is 0 Å². The van der Waals surface area contributed by atoms with E-state index >= 15 is 0 Å². The van der Waals surface area contributed by atoms with Gasteiger partial charge >= 0.3 is 5.97 Å². The van der Waals surface area contributed by atoms with Crippen molar-refractivity contribution >= 4 is 38.5 Å². The van der Waals surface area contributed by atoms with Gasteiger partial charge in [-0.15, -0.1) is 0 Å². The highest BCUT2D eigenvalue weighted by Gasteiger charge is 2.18. The van der Waals surface area contributed by atoms with Gasteiger partial charge in [-0.25, -0.2) is 4.79 Å². The maximum absolute atomic E-state index is 12.3. The molecule has 0 aliphatic carbocycles. The number of ether oxygens (including phenoxy) is 1. The van der Waals surface area contributed by atoms with Gasteiger partial charge in [-0.1, -0.05) is 42.5 Å². The number of aromatic amines is 1. The first-order valence-corrected chi connectivity index (χ1v) is 8.74. The number of hydrogen-bond acceptors (Lipinski definition) is 3. The molecule has 0 saturated heterocycles. The first-order valence-electron chi connectivity index (χ1n) is 8.74. The molecule has 4 nitrogen and oxygen atoms in total. The molecule has 0 radical (unpaired) electrons. The Bertz CT molecular complexity index is 1330. The van der Waals surface area contributed by atoms with Crippen molar-refractivity contribution < 1.29 is 9.53 Å². The average Bonchev–Trinajstić information content (AvgIpc) is 3.11. The summed E-state index contributed by atoms with van der Waals surface area (Å²) in [5.41, 5.74) is 4.10. The Kier molecular flexibility index (Phi) is 3.44. The van der Waals surface area contributed by atoms with Crippen LogP contribution >= 0.6 is 0 Å². The van der Waals surface area contributed by atoms with E-state index in [4.69, 9.17) is 4.74 Å². The smallest absolute Gasteiger partial charge is 0.340 e. The molecular formula is C23H16N2O2. The second kappa shape index (κ2) is 5.95. The number of carbonyl (C=O) groups is 1. The molecule has 0 fully saturated rings. The molecule has 1 N–H and O–H groups in total. The summed E-state index contributed by atoms with van der Waals surface area (Å²) in [6.45, 7) is 0. The van der Waals surface area contributed by atoms with Crippen LogP contribution in [0.3, 0.4) is 0 Å². The lowest BCUT2D eigenvalue weighted by Gasteiger charge is -2.11. The summed E-state index contributed by atoms with van der Waals surface area (Å²) in [5.74, 6) is -0.390. The first kappa shape index (κ1) is 15.6. The third-order valence-electron chi connectivity index (χ3n) is 4.98. The van der Waals surface area contributed by atoms with E-state index in [1.54, 1.807) is 18.3 Å². The molecule has 2 aromatic heterocycles. The molecule has 3 aromatic carbocycles. The van der Waals surface area contributed by atoms with Gasteiger partial charge < -0.3 is 9.72 Å². The van der Waals surface area contributed by atoms with Gasteiger partial charge in [0.25, 0.3) is 0 Å². The Morgan fingerprint density at radius 2 is 1.63 bits per heavy atom. The molecule has 2 heterocycles. The second-order valence-corrected chi connectivity index (χ2v) is 6.45. The summed E-state index contributed by atoms with van der Waals surface area (Å²) < 4.78 is 4.96. The summed E-state index contributed by atoms with van der Waals surface area (Å²) in [6.07, 6.45) is 1.70. The van der Waals surface area contributed by atoms with Gasteiger partial charge in [-0.05, 0) is 35.0 Å². The minimum Gasteiger partial charge on any atom is -0.465 e. The standard InChI is InChI=1S/C23H16N2O2/c1-27-23(26)17-10-6-12-24-22(17)18-13-20-21(15-8-3-2-7-14(15)18)16-9-4-5-11-19(16)25-20/h2-13,25H,1H3. The maximum atomic E-state index is 12.3. The number of pyridine rings is 1. The van der Waals surface area contributed by atoms with Crippen molar-refractivity contribution in [3.8, 4) is 11.3 Å². The van der Waals surface area contributed by atoms with Crippen molar-refractivity contribution in [1.82, 2.24) is 9.97 Å². The predicted octanol–water partition coefficient (Wildman–Crippen LogP) is 5.32. The van der Waals surface area contributed by atoms with Crippen LogP contribution in [0.2, 0.25) is 0 Å². The van der Waals surface area contributed by atoms with E-state index in [1.165, 1.54) is 17.9 Å². The molecule has 0 atom stereocenters. The Balaban J connectivity index is 1.94. The lowest BCUT2D eigenvalue weighted by atomic mass is 9.95. The van der Waals surface area contributed by atoms with Gasteiger partial charge in [0.1, 0.15) is 0 Å². The number of nitrogens with zero attached hydrogens (tertiary/aromatic N) is 1. The summed E-state index contributed by atoms with van der Waals surface area (Å²) in [7, 11) is 1.39. The van der Waals surface area contributed by atoms with Crippen molar-refractivity contribution in [2.24, 2.45) is 0 Å². The van der Waals surface area contributed by atoms with Crippen LogP contribution in [-0.2, 0) is 4.74 Å². The Hall–Kier alpha value is -3.66. The van der Waals surface area contributed by atoms with E-state index in [9.17, 15) is 4.79 Å². The van der Waals surface area contributed by atoms with Crippen molar-refractivity contribution in [3.63, 3.8) is 0 Å². The number of para-hydroxylation sites is 1. The minimum atomic E-state index is -0.390. The molecule has 0 aliphatic heterocycles. The zero-order valence-electron chi connectivity index (χ0n) is 14.7.